The molecule has 0 spiro atoms. The van der Waals surface area contributed by atoms with Crippen molar-refractivity contribution < 1.29 is 9.53 Å². The number of carbonyl (C=O) groups excluding carboxylic acids is 1. The Morgan fingerprint density at radius 3 is 2.31 bits per heavy atom. The van der Waals surface area contributed by atoms with Crippen molar-refractivity contribution in [2.75, 3.05) is 12.4 Å². The second-order valence-electron chi connectivity index (χ2n) is 6.43. The smallest absolute Gasteiger partial charge is 0.241 e. The van der Waals surface area contributed by atoms with Crippen LogP contribution in [0.3, 0.4) is 0 Å². The van der Waals surface area contributed by atoms with Gasteiger partial charge in [0.2, 0.25) is 5.91 Å². The summed E-state index contributed by atoms with van der Waals surface area (Å²) in [5.41, 5.74) is 1.91. The minimum atomic E-state index is -0.321. The number of hydrogen-bond donors (Lipinski definition) is 2. The average molecular weight is 348 g/mol. The van der Waals surface area contributed by atoms with Gasteiger partial charge in [-0.2, -0.15) is 0 Å². The Labute approximate surface area is 154 Å². The van der Waals surface area contributed by atoms with Gasteiger partial charge in [0.1, 0.15) is 5.75 Å². The number of hydrogen-bond acceptors (Lipinski definition) is 3. The Kier molecular flexibility index (Phi) is 5.54. The summed E-state index contributed by atoms with van der Waals surface area (Å²) in [6.45, 7) is 3.94. The molecule has 134 valence electrons. The van der Waals surface area contributed by atoms with Crippen molar-refractivity contribution >= 4 is 22.4 Å². The van der Waals surface area contributed by atoms with Gasteiger partial charge in [0, 0.05) is 11.7 Å². The molecule has 0 aromatic heterocycles. The lowest BCUT2D eigenvalue weighted by molar-refractivity contribution is -0.117. The minimum Gasteiger partial charge on any atom is -0.497 e. The molecule has 0 unspecified atom stereocenters. The van der Waals surface area contributed by atoms with E-state index in [9.17, 15) is 4.79 Å². The van der Waals surface area contributed by atoms with Crippen LogP contribution in [0.5, 0.6) is 5.75 Å². The van der Waals surface area contributed by atoms with Crippen LogP contribution >= 0.6 is 0 Å². The second kappa shape index (κ2) is 8.02. The van der Waals surface area contributed by atoms with Gasteiger partial charge in [-0.05, 0) is 60.5 Å². The molecule has 4 nitrogen and oxygen atoms in total. The Bertz CT molecular complexity index is 890. The van der Waals surface area contributed by atoms with Gasteiger partial charge < -0.3 is 10.1 Å². The van der Waals surface area contributed by atoms with E-state index in [4.69, 9.17) is 4.74 Å². The molecule has 1 amide bonds. The fraction of sp³-hybridized carbons (Fsp3) is 0.227. The molecule has 2 N–H and O–H groups in total. The topological polar surface area (TPSA) is 50.4 Å². The first-order chi connectivity index (χ1) is 12.6. The van der Waals surface area contributed by atoms with Gasteiger partial charge in [-0.15, -0.1) is 0 Å². The first-order valence-corrected chi connectivity index (χ1v) is 8.76. The van der Waals surface area contributed by atoms with E-state index in [1.165, 1.54) is 10.8 Å². The van der Waals surface area contributed by atoms with Crippen LogP contribution in [-0.2, 0) is 4.79 Å². The largest absolute Gasteiger partial charge is 0.497 e. The van der Waals surface area contributed by atoms with Crippen molar-refractivity contribution in [2.24, 2.45) is 0 Å². The molecule has 0 saturated carbocycles. The van der Waals surface area contributed by atoms with E-state index in [2.05, 4.69) is 47.9 Å². The van der Waals surface area contributed by atoms with E-state index in [0.29, 0.717) is 0 Å². The standard InChI is InChI=1S/C22H24N2O2/c1-15(18-9-8-17-6-4-5-7-19(17)14-18)23-16(2)22(25)24-20-10-12-21(26-3)13-11-20/h4-16,23H,1-3H3,(H,24,25)/t15-,16+/m1/s1. The molecule has 0 heterocycles. The van der Waals surface area contributed by atoms with E-state index < -0.39 is 0 Å². The normalized spacial score (nSPS) is 13.2. The predicted molar refractivity (Wildman–Crippen MR) is 107 cm³/mol. The van der Waals surface area contributed by atoms with Crippen LogP contribution in [0, 0.1) is 0 Å². The van der Waals surface area contributed by atoms with Gasteiger partial charge in [0.05, 0.1) is 13.2 Å². The van der Waals surface area contributed by atoms with Crippen LogP contribution in [0.15, 0.2) is 66.7 Å². The highest BCUT2D eigenvalue weighted by Gasteiger charge is 2.16. The quantitative estimate of drug-likeness (QED) is 0.688. The summed E-state index contributed by atoms with van der Waals surface area (Å²) >= 11 is 0. The number of fused-ring (bicyclic) bond motifs is 1. The number of benzene rings is 3. The molecule has 0 aliphatic rings. The third kappa shape index (κ3) is 4.21. The molecule has 4 heteroatoms. The zero-order valence-corrected chi connectivity index (χ0v) is 15.3. The number of nitrogens with one attached hydrogen (secondary N) is 2. The minimum absolute atomic E-state index is 0.0659. The summed E-state index contributed by atoms with van der Waals surface area (Å²) in [6.07, 6.45) is 0. The van der Waals surface area contributed by atoms with Crippen molar-refractivity contribution in [3.63, 3.8) is 0 Å². The lowest BCUT2D eigenvalue weighted by Crippen LogP contribution is -2.39. The number of rotatable bonds is 6. The maximum atomic E-state index is 12.4. The number of amides is 1. The Hall–Kier alpha value is -2.85. The van der Waals surface area contributed by atoms with Gasteiger partial charge in [0.15, 0.2) is 0 Å². The first-order valence-electron chi connectivity index (χ1n) is 8.76. The van der Waals surface area contributed by atoms with Crippen molar-refractivity contribution in [3.8, 4) is 5.75 Å². The summed E-state index contributed by atoms with van der Waals surface area (Å²) in [6, 6.07) is 21.7. The lowest BCUT2D eigenvalue weighted by Gasteiger charge is -2.20. The molecule has 2 atom stereocenters. The highest BCUT2D eigenvalue weighted by molar-refractivity contribution is 5.94. The summed E-state index contributed by atoms with van der Waals surface area (Å²) in [4.78, 5) is 12.4. The SMILES string of the molecule is COc1ccc(NC(=O)[C@H](C)N[C@H](C)c2ccc3ccccc3c2)cc1. The van der Waals surface area contributed by atoms with Crippen LogP contribution in [-0.4, -0.2) is 19.1 Å². The van der Waals surface area contributed by atoms with E-state index in [1.807, 2.05) is 43.3 Å². The molecule has 0 aliphatic carbocycles. The van der Waals surface area contributed by atoms with Gasteiger partial charge in [-0.25, -0.2) is 0 Å². The molecular weight excluding hydrogens is 324 g/mol. The molecule has 3 rings (SSSR count). The number of ether oxygens (including phenoxy) is 1. The Morgan fingerprint density at radius 2 is 1.62 bits per heavy atom. The third-order valence-electron chi connectivity index (χ3n) is 4.52. The highest BCUT2D eigenvalue weighted by atomic mass is 16.5. The summed E-state index contributed by atoms with van der Waals surface area (Å²) in [5.74, 6) is 0.696. The number of carbonyl (C=O) groups is 1. The van der Waals surface area contributed by atoms with Gasteiger partial charge in [0.25, 0.3) is 0 Å². The third-order valence-corrected chi connectivity index (χ3v) is 4.52. The molecule has 0 fully saturated rings. The summed E-state index contributed by atoms with van der Waals surface area (Å²) < 4.78 is 5.13. The summed E-state index contributed by atoms with van der Waals surface area (Å²) in [7, 11) is 1.62. The fourth-order valence-corrected chi connectivity index (χ4v) is 2.95. The average Bonchev–Trinajstić information content (AvgIpc) is 2.68. The van der Waals surface area contributed by atoms with E-state index in [0.717, 1.165) is 17.0 Å². The van der Waals surface area contributed by atoms with Gasteiger partial charge >= 0.3 is 0 Å². The van der Waals surface area contributed by atoms with E-state index in [1.54, 1.807) is 7.11 Å². The monoisotopic (exact) mass is 348 g/mol. The molecule has 0 saturated heterocycles. The van der Waals surface area contributed by atoms with Crippen molar-refractivity contribution in [1.82, 2.24) is 5.32 Å². The van der Waals surface area contributed by atoms with Crippen LogP contribution in [0.25, 0.3) is 10.8 Å². The van der Waals surface area contributed by atoms with Crippen molar-refractivity contribution in [1.29, 1.82) is 0 Å². The predicted octanol–water partition coefficient (Wildman–Crippen LogP) is 4.53. The van der Waals surface area contributed by atoms with Crippen LogP contribution in [0.2, 0.25) is 0 Å². The molecule has 3 aromatic carbocycles. The van der Waals surface area contributed by atoms with Crippen molar-refractivity contribution in [2.45, 2.75) is 25.9 Å². The molecule has 0 radical (unpaired) electrons. The fourth-order valence-electron chi connectivity index (χ4n) is 2.95. The second-order valence-corrected chi connectivity index (χ2v) is 6.43. The molecule has 26 heavy (non-hydrogen) atoms. The molecule has 0 bridgehead atoms. The zero-order valence-electron chi connectivity index (χ0n) is 15.3. The maximum Gasteiger partial charge on any atom is 0.241 e. The van der Waals surface area contributed by atoms with E-state index in [-0.39, 0.29) is 18.0 Å². The van der Waals surface area contributed by atoms with Crippen LogP contribution in [0.4, 0.5) is 5.69 Å². The zero-order chi connectivity index (χ0) is 18.5. The van der Waals surface area contributed by atoms with Crippen LogP contribution in [0.1, 0.15) is 25.5 Å². The molecular formula is C22H24N2O2. The molecule has 0 aliphatic heterocycles. The van der Waals surface area contributed by atoms with Gasteiger partial charge in [-0.1, -0.05) is 36.4 Å². The lowest BCUT2D eigenvalue weighted by atomic mass is 10.0. The van der Waals surface area contributed by atoms with Crippen LogP contribution < -0.4 is 15.4 Å². The maximum absolute atomic E-state index is 12.4. The highest BCUT2D eigenvalue weighted by Crippen LogP contribution is 2.21. The Morgan fingerprint density at radius 1 is 0.923 bits per heavy atom. The first kappa shape index (κ1) is 18.0. The Balaban J connectivity index is 1.63. The number of anilines is 1. The van der Waals surface area contributed by atoms with Gasteiger partial charge in [-0.3, -0.25) is 10.1 Å². The van der Waals surface area contributed by atoms with E-state index >= 15 is 0 Å². The number of methoxy groups -OCH3 is 1. The summed E-state index contributed by atoms with van der Waals surface area (Å²) in [5, 5.41) is 8.71. The van der Waals surface area contributed by atoms with Crippen molar-refractivity contribution in [3.05, 3.63) is 72.3 Å². The molecule has 3 aromatic rings.